The van der Waals surface area contributed by atoms with Gasteiger partial charge in [-0.3, -0.25) is 9.97 Å². The first-order valence-corrected chi connectivity index (χ1v) is 11.3. The van der Waals surface area contributed by atoms with Crippen LogP contribution in [-0.4, -0.2) is 24.7 Å². The van der Waals surface area contributed by atoms with E-state index in [1.165, 1.54) is 12.3 Å². The molecule has 33 heavy (non-hydrogen) atoms. The molecule has 0 spiro atoms. The third kappa shape index (κ3) is 4.79. The van der Waals surface area contributed by atoms with Gasteiger partial charge in [0.05, 0.1) is 28.7 Å². The lowest BCUT2D eigenvalue weighted by atomic mass is 10.1. The minimum absolute atomic E-state index is 0.392. The summed E-state index contributed by atoms with van der Waals surface area (Å²) in [4.78, 5) is 14.9. The lowest BCUT2D eigenvalue weighted by Gasteiger charge is -2.05. The number of aryl methyl sites for hydroxylation is 1. The second-order valence-electron chi connectivity index (χ2n) is 7.30. The van der Waals surface area contributed by atoms with Gasteiger partial charge in [-0.15, -0.1) is 0 Å². The van der Waals surface area contributed by atoms with Crippen LogP contribution in [0.25, 0.3) is 28.3 Å². The largest absolute Gasteiger partial charge is 0.258 e. The molecule has 0 N–H and O–H groups in total. The Hall–Kier alpha value is -3.55. The molecular formula is C25H17ClFN5S. The number of aromatic nitrogens is 5. The maximum absolute atomic E-state index is 13.4. The van der Waals surface area contributed by atoms with Gasteiger partial charge in [-0.2, -0.15) is 5.10 Å². The smallest absolute Gasteiger partial charge is 0.153 e. The molecule has 3 aromatic heterocycles. The topological polar surface area (TPSA) is 56.5 Å². The Labute approximate surface area is 199 Å². The number of halogens is 2. The van der Waals surface area contributed by atoms with Gasteiger partial charge in [0.25, 0.3) is 0 Å². The molecule has 0 aliphatic carbocycles. The van der Waals surface area contributed by atoms with Crippen LogP contribution in [0.2, 0.25) is 5.02 Å². The van der Waals surface area contributed by atoms with Crippen molar-refractivity contribution in [3.8, 4) is 28.3 Å². The van der Waals surface area contributed by atoms with Gasteiger partial charge in [0, 0.05) is 33.4 Å². The van der Waals surface area contributed by atoms with Crippen LogP contribution < -0.4 is 0 Å². The van der Waals surface area contributed by atoms with Crippen LogP contribution in [0, 0.1) is 12.7 Å². The van der Waals surface area contributed by atoms with Crippen LogP contribution in [-0.2, 0) is 0 Å². The Kier molecular flexibility index (Phi) is 5.90. The van der Waals surface area contributed by atoms with Gasteiger partial charge < -0.3 is 0 Å². The van der Waals surface area contributed by atoms with Crippen molar-refractivity contribution in [3.05, 3.63) is 102 Å². The molecule has 0 aliphatic heterocycles. The molecule has 162 valence electrons. The number of hydrogen-bond acceptors (Lipinski definition) is 5. The van der Waals surface area contributed by atoms with E-state index in [1.807, 2.05) is 61.7 Å². The van der Waals surface area contributed by atoms with E-state index in [-0.39, 0.29) is 0 Å². The van der Waals surface area contributed by atoms with Crippen LogP contribution in [0.3, 0.4) is 0 Å². The van der Waals surface area contributed by atoms with Crippen molar-refractivity contribution in [2.75, 3.05) is 0 Å². The van der Waals surface area contributed by atoms with Crippen molar-refractivity contribution < 1.29 is 4.39 Å². The van der Waals surface area contributed by atoms with Gasteiger partial charge >= 0.3 is 0 Å². The lowest BCUT2D eigenvalue weighted by Crippen LogP contribution is -1.98. The lowest BCUT2D eigenvalue weighted by molar-refractivity contribution is 0.619. The first-order valence-electron chi connectivity index (χ1n) is 10.1. The second-order valence-corrected chi connectivity index (χ2v) is 8.85. The molecule has 0 radical (unpaired) electrons. The van der Waals surface area contributed by atoms with Gasteiger partial charge in [0.15, 0.2) is 5.82 Å². The molecule has 5 aromatic rings. The summed E-state index contributed by atoms with van der Waals surface area (Å²) in [7, 11) is 0. The summed E-state index contributed by atoms with van der Waals surface area (Å²) < 4.78 is 15.0. The highest BCUT2D eigenvalue weighted by Crippen LogP contribution is 2.36. The molecule has 0 amide bonds. The van der Waals surface area contributed by atoms with Gasteiger partial charge in [-0.05, 0) is 43.3 Å². The van der Waals surface area contributed by atoms with E-state index in [0.717, 1.165) is 38.0 Å². The van der Waals surface area contributed by atoms with E-state index in [4.69, 9.17) is 16.7 Å². The average molecular weight is 474 g/mol. The molecule has 3 heterocycles. The summed E-state index contributed by atoms with van der Waals surface area (Å²) in [6.07, 6.45) is 6.59. The fourth-order valence-electron chi connectivity index (χ4n) is 3.22. The highest BCUT2D eigenvalue weighted by molar-refractivity contribution is 7.99. The van der Waals surface area contributed by atoms with E-state index < -0.39 is 5.82 Å². The van der Waals surface area contributed by atoms with Gasteiger partial charge in [-0.25, -0.2) is 14.1 Å². The van der Waals surface area contributed by atoms with E-state index in [9.17, 15) is 4.39 Å². The average Bonchev–Trinajstić information content (AvgIpc) is 3.25. The van der Waals surface area contributed by atoms with Crippen LogP contribution in [0.4, 0.5) is 4.39 Å². The van der Waals surface area contributed by atoms with Gasteiger partial charge in [0.2, 0.25) is 0 Å². The molecule has 8 heteroatoms. The second kappa shape index (κ2) is 9.13. The first-order chi connectivity index (χ1) is 16.0. The van der Waals surface area contributed by atoms with Crippen LogP contribution in [0.5, 0.6) is 0 Å². The molecule has 0 atom stereocenters. The fourth-order valence-corrected chi connectivity index (χ4v) is 4.28. The number of hydrogen-bond donors (Lipinski definition) is 0. The van der Waals surface area contributed by atoms with Gasteiger partial charge in [-0.1, -0.05) is 47.6 Å². The zero-order chi connectivity index (χ0) is 22.8. The molecular weight excluding hydrogens is 457 g/mol. The fraction of sp³-hybridized carbons (Fsp3) is 0.0400. The highest BCUT2D eigenvalue weighted by atomic mass is 35.5. The van der Waals surface area contributed by atoms with Crippen molar-refractivity contribution in [2.24, 2.45) is 0 Å². The molecule has 0 fully saturated rings. The monoisotopic (exact) mass is 473 g/mol. The predicted octanol–water partition coefficient (Wildman–Crippen LogP) is 6.64. The summed E-state index contributed by atoms with van der Waals surface area (Å²) in [5, 5.41) is 5.45. The summed E-state index contributed by atoms with van der Waals surface area (Å²) in [6, 6.07) is 18.6. The Morgan fingerprint density at radius 3 is 2.24 bits per heavy atom. The Morgan fingerprint density at radius 2 is 1.58 bits per heavy atom. The van der Waals surface area contributed by atoms with Gasteiger partial charge in [0.1, 0.15) is 11.5 Å². The number of rotatable bonds is 5. The molecule has 0 aliphatic rings. The molecule has 5 rings (SSSR count). The maximum Gasteiger partial charge on any atom is 0.153 e. The summed E-state index contributed by atoms with van der Waals surface area (Å²) in [5.74, 6) is 0.142. The van der Waals surface area contributed by atoms with Crippen LogP contribution in [0.15, 0.2) is 95.2 Å². The Bertz CT molecular complexity index is 1380. The van der Waals surface area contributed by atoms with Crippen molar-refractivity contribution in [1.29, 1.82) is 0 Å². The van der Waals surface area contributed by atoms with E-state index in [2.05, 4.69) is 15.0 Å². The standard InChI is InChI=1S/C25H17ClFN5S/c1-16-12-29-22(14-28-16)17-2-4-18(5-3-17)25-23(33-21-9-6-19(26)7-10-21)15-32(31-25)24-11-8-20(27)13-30-24/h2-15H,1H3. The van der Waals surface area contributed by atoms with E-state index in [1.54, 1.807) is 34.9 Å². The Morgan fingerprint density at radius 1 is 0.818 bits per heavy atom. The van der Waals surface area contributed by atoms with Crippen LogP contribution in [0.1, 0.15) is 5.69 Å². The quantitative estimate of drug-likeness (QED) is 0.286. The molecule has 0 bridgehead atoms. The van der Waals surface area contributed by atoms with Crippen molar-refractivity contribution in [2.45, 2.75) is 16.7 Å². The van der Waals surface area contributed by atoms with E-state index in [0.29, 0.717) is 10.8 Å². The predicted molar refractivity (Wildman–Crippen MR) is 128 cm³/mol. The summed E-state index contributed by atoms with van der Waals surface area (Å²) in [6.45, 7) is 1.91. The molecule has 0 unspecified atom stereocenters. The molecule has 0 saturated carbocycles. The third-order valence-electron chi connectivity index (χ3n) is 4.90. The molecule has 5 nitrogen and oxygen atoms in total. The zero-order valence-corrected chi connectivity index (χ0v) is 19.1. The SMILES string of the molecule is Cc1cnc(-c2ccc(-c3nn(-c4ccc(F)cn4)cc3Sc3ccc(Cl)cc3)cc2)cn1. The molecule has 0 saturated heterocycles. The summed E-state index contributed by atoms with van der Waals surface area (Å²) >= 11 is 7.61. The zero-order valence-electron chi connectivity index (χ0n) is 17.5. The normalized spacial score (nSPS) is 11.0. The summed E-state index contributed by atoms with van der Waals surface area (Å²) in [5.41, 5.74) is 4.39. The van der Waals surface area contributed by atoms with Crippen LogP contribution >= 0.6 is 23.4 Å². The number of nitrogens with zero attached hydrogens (tertiary/aromatic N) is 5. The third-order valence-corrected chi connectivity index (χ3v) is 6.18. The maximum atomic E-state index is 13.4. The highest BCUT2D eigenvalue weighted by Gasteiger charge is 2.15. The van der Waals surface area contributed by atoms with Crippen molar-refractivity contribution in [1.82, 2.24) is 24.7 Å². The van der Waals surface area contributed by atoms with E-state index >= 15 is 0 Å². The minimum Gasteiger partial charge on any atom is -0.258 e. The number of pyridine rings is 1. The number of benzene rings is 2. The minimum atomic E-state index is -0.392. The Balaban J connectivity index is 1.53. The molecule has 2 aromatic carbocycles. The van der Waals surface area contributed by atoms with Crippen molar-refractivity contribution >= 4 is 23.4 Å². The van der Waals surface area contributed by atoms with Crippen molar-refractivity contribution in [3.63, 3.8) is 0 Å². The first kappa shape index (κ1) is 21.3.